The molecule has 0 amide bonds. The van der Waals surface area contributed by atoms with Gasteiger partial charge >= 0.3 is 0 Å². The maximum atomic E-state index is 9.57. The van der Waals surface area contributed by atoms with Gasteiger partial charge in [-0.25, -0.2) is 15.0 Å². The Balaban J connectivity index is 1.39. The molecule has 1 aliphatic heterocycles. The second kappa shape index (κ2) is 8.24. The fraction of sp³-hybridized carbons (Fsp3) is 0.261. The lowest BCUT2D eigenvalue weighted by molar-refractivity contribution is 0.315. The Morgan fingerprint density at radius 1 is 1.16 bits per heavy atom. The number of nitrogens with one attached hydrogen (secondary N) is 2. The van der Waals surface area contributed by atoms with Crippen LogP contribution < -0.4 is 10.2 Å². The minimum Gasteiger partial charge on any atom is -0.355 e. The van der Waals surface area contributed by atoms with Gasteiger partial charge in [0.2, 0.25) is 5.95 Å². The molecule has 9 nitrogen and oxygen atoms in total. The Bertz CT molecular complexity index is 1290. The zero-order valence-corrected chi connectivity index (χ0v) is 17.9. The van der Waals surface area contributed by atoms with Gasteiger partial charge in [-0.2, -0.15) is 10.4 Å². The molecule has 1 fully saturated rings. The van der Waals surface area contributed by atoms with Gasteiger partial charge in [0.1, 0.15) is 11.9 Å². The summed E-state index contributed by atoms with van der Waals surface area (Å²) in [6, 6.07) is 12.5. The molecular weight excluding hydrogens is 402 g/mol. The van der Waals surface area contributed by atoms with Crippen molar-refractivity contribution in [3.63, 3.8) is 0 Å². The number of nitrogens with zero attached hydrogens (tertiary/aromatic N) is 7. The van der Waals surface area contributed by atoms with E-state index in [1.165, 1.54) is 6.20 Å². The first-order valence-corrected chi connectivity index (χ1v) is 10.5. The van der Waals surface area contributed by atoms with Crippen molar-refractivity contribution in [1.29, 1.82) is 5.26 Å². The first kappa shape index (κ1) is 19.9. The number of anilines is 3. The Hall–Kier alpha value is -4.03. The van der Waals surface area contributed by atoms with E-state index >= 15 is 0 Å². The van der Waals surface area contributed by atoms with E-state index in [0.29, 0.717) is 23.2 Å². The molecule has 1 atom stereocenters. The second-order valence-corrected chi connectivity index (χ2v) is 8.12. The summed E-state index contributed by atoms with van der Waals surface area (Å²) in [6.45, 7) is 1.95. The number of rotatable bonds is 5. The topological polar surface area (TPSA) is 110 Å². The maximum Gasteiger partial charge on any atom is 0.227 e. The SMILES string of the molecule is CN(C)[C@@H]1CCN(c2ccc(-c3nc(Nc4ccc5[nH]ncc5c4)ncc3C#N)cn2)C1. The van der Waals surface area contributed by atoms with Crippen LogP contribution in [-0.4, -0.2) is 63.3 Å². The summed E-state index contributed by atoms with van der Waals surface area (Å²) in [5.41, 5.74) is 3.54. The number of aromatic nitrogens is 5. The molecule has 1 aromatic carbocycles. The third-order valence-electron chi connectivity index (χ3n) is 5.84. The van der Waals surface area contributed by atoms with Gasteiger partial charge in [0.25, 0.3) is 0 Å². The van der Waals surface area contributed by atoms with Gasteiger partial charge in [-0.05, 0) is 50.8 Å². The molecule has 5 rings (SSSR count). The van der Waals surface area contributed by atoms with Crippen molar-refractivity contribution < 1.29 is 0 Å². The van der Waals surface area contributed by atoms with Crippen LogP contribution >= 0.6 is 0 Å². The van der Waals surface area contributed by atoms with Crippen LogP contribution in [0.2, 0.25) is 0 Å². The van der Waals surface area contributed by atoms with E-state index in [1.54, 1.807) is 12.4 Å². The normalized spacial score (nSPS) is 15.9. The number of benzene rings is 1. The number of H-pyrrole nitrogens is 1. The van der Waals surface area contributed by atoms with Gasteiger partial charge in [0.05, 0.1) is 29.2 Å². The number of fused-ring (bicyclic) bond motifs is 1. The van der Waals surface area contributed by atoms with E-state index in [0.717, 1.165) is 47.5 Å². The molecule has 9 heteroatoms. The van der Waals surface area contributed by atoms with Crippen LogP contribution in [0.1, 0.15) is 12.0 Å². The highest BCUT2D eigenvalue weighted by Crippen LogP contribution is 2.26. The first-order chi connectivity index (χ1) is 15.6. The second-order valence-electron chi connectivity index (χ2n) is 8.12. The summed E-state index contributed by atoms with van der Waals surface area (Å²) in [4.78, 5) is 18.1. The van der Waals surface area contributed by atoms with Gasteiger partial charge in [-0.1, -0.05) is 0 Å². The molecule has 0 radical (unpaired) electrons. The van der Waals surface area contributed by atoms with Crippen LogP contribution in [0, 0.1) is 11.3 Å². The molecule has 0 saturated carbocycles. The van der Waals surface area contributed by atoms with Gasteiger partial charge in [-0.3, -0.25) is 5.10 Å². The summed E-state index contributed by atoms with van der Waals surface area (Å²) >= 11 is 0. The van der Waals surface area contributed by atoms with Crippen LogP contribution in [-0.2, 0) is 0 Å². The van der Waals surface area contributed by atoms with Crippen molar-refractivity contribution in [2.75, 3.05) is 37.4 Å². The van der Waals surface area contributed by atoms with Crippen LogP contribution in [0.15, 0.2) is 48.9 Å². The van der Waals surface area contributed by atoms with E-state index < -0.39 is 0 Å². The minimum absolute atomic E-state index is 0.407. The maximum absolute atomic E-state index is 9.57. The Kier molecular flexibility index (Phi) is 5.13. The van der Waals surface area contributed by atoms with E-state index in [4.69, 9.17) is 0 Å². The van der Waals surface area contributed by atoms with Crippen LogP contribution in [0.3, 0.4) is 0 Å². The van der Waals surface area contributed by atoms with Crippen molar-refractivity contribution in [3.8, 4) is 17.3 Å². The van der Waals surface area contributed by atoms with Crippen molar-refractivity contribution in [3.05, 3.63) is 54.5 Å². The summed E-state index contributed by atoms with van der Waals surface area (Å²) < 4.78 is 0. The molecule has 0 aliphatic carbocycles. The lowest BCUT2D eigenvalue weighted by Gasteiger charge is -2.21. The van der Waals surface area contributed by atoms with E-state index in [2.05, 4.69) is 60.4 Å². The first-order valence-electron chi connectivity index (χ1n) is 10.5. The fourth-order valence-electron chi connectivity index (χ4n) is 3.98. The molecule has 2 N–H and O–H groups in total. The molecule has 0 spiro atoms. The molecule has 3 aromatic heterocycles. The van der Waals surface area contributed by atoms with Crippen molar-refractivity contribution in [2.45, 2.75) is 12.5 Å². The fourth-order valence-corrected chi connectivity index (χ4v) is 3.98. The molecule has 0 bridgehead atoms. The summed E-state index contributed by atoms with van der Waals surface area (Å²) in [5.74, 6) is 1.36. The molecule has 1 saturated heterocycles. The predicted octanol–water partition coefficient (Wildman–Crippen LogP) is 3.17. The lowest BCUT2D eigenvalue weighted by atomic mass is 10.1. The quantitative estimate of drug-likeness (QED) is 0.502. The highest BCUT2D eigenvalue weighted by molar-refractivity contribution is 5.82. The van der Waals surface area contributed by atoms with Crippen LogP contribution in [0.4, 0.5) is 17.5 Å². The Morgan fingerprint density at radius 2 is 2.06 bits per heavy atom. The predicted molar refractivity (Wildman–Crippen MR) is 124 cm³/mol. The third kappa shape index (κ3) is 3.84. The number of aromatic amines is 1. The van der Waals surface area contributed by atoms with Gasteiger partial charge in [-0.15, -0.1) is 0 Å². The highest BCUT2D eigenvalue weighted by atomic mass is 15.3. The van der Waals surface area contributed by atoms with Gasteiger partial charge in [0.15, 0.2) is 0 Å². The largest absolute Gasteiger partial charge is 0.355 e. The Morgan fingerprint density at radius 3 is 2.81 bits per heavy atom. The van der Waals surface area contributed by atoms with Crippen molar-refractivity contribution in [2.24, 2.45) is 0 Å². The molecule has 1 aliphatic rings. The summed E-state index contributed by atoms with van der Waals surface area (Å²) in [6.07, 6.45) is 6.21. The highest BCUT2D eigenvalue weighted by Gasteiger charge is 2.24. The smallest absolute Gasteiger partial charge is 0.227 e. The average molecular weight is 426 g/mol. The lowest BCUT2D eigenvalue weighted by Crippen LogP contribution is -2.31. The Labute approximate surface area is 185 Å². The average Bonchev–Trinajstić information content (AvgIpc) is 3.49. The number of hydrogen-bond acceptors (Lipinski definition) is 8. The van der Waals surface area contributed by atoms with E-state index in [9.17, 15) is 5.26 Å². The molecule has 0 unspecified atom stereocenters. The van der Waals surface area contributed by atoms with E-state index in [1.807, 2.05) is 30.3 Å². The van der Waals surface area contributed by atoms with Crippen LogP contribution in [0.5, 0.6) is 0 Å². The number of hydrogen-bond donors (Lipinski definition) is 2. The number of nitriles is 1. The van der Waals surface area contributed by atoms with Crippen molar-refractivity contribution >= 4 is 28.4 Å². The van der Waals surface area contributed by atoms with Crippen LogP contribution in [0.25, 0.3) is 22.2 Å². The molecule has 4 aromatic rings. The summed E-state index contributed by atoms with van der Waals surface area (Å²) in [5, 5.41) is 20.7. The number of pyridine rings is 1. The molecule has 32 heavy (non-hydrogen) atoms. The summed E-state index contributed by atoms with van der Waals surface area (Å²) in [7, 11) is 4.23. The van der Waals surface area contributed by atoms with Crippen molar-refractivity contribution in [1.82, 2.24) is 30.0 Å². The monoisotopic (exact) mass is 425 g/mol. The minimum atomic E-state index is 0.407. The zero-order valence-electron chi connectivity index (χ0n) is 17.9. The molecule has 4 heterocycles. The molecule has 160 valence electrons. The van der Waals surface area contributed by atoms with Gasteiger partial charge < -0.3 is 15.1 Å². The zero-order chi connectivity index (χ0) is 22.1. The third-order valence-corrected chi connectivity index (χ3v) is 5.84. The number of likely N-dealkylation sites (N-methyl/N-ethyl adjacent to an activating group) is 1. The standard InChI is InChI=1S/C23H23N9/c1-31(2)19-7-8-32(14-19)21-6-3-15(11-25-21)22-17(10-24)12-26-23(29-22)28-18-4-5-20-16(9-18)13-27-30-20/h3-6,9,11-13,19H,7-8,14H2,1-2H3,(H,27,30)(H,26,28,29)/t19-/m1/s1. The van der Waals surface area contributed by atoms with Gasteiger partial charge in [0, 0.05) is 42.0 Å². The van der Waals surface area contributed by atoms with E-state index in [-0.39, 0.29) is 0 Å². The molecular formula is C23H23N9.